The first-order valence-corrected chi connectivity index (χ1v) is 9.48. The largest absolute Gasteiger partial charge is 0.391 e. The number of amides is 1. The van der Waals surface area contributed by atoms with E-state index in [0.29, 0.717) is 30.1 Å². The topological polar surface area (TPSA) is 92.9 Å². The maximum Gasteiger partial charge on any atom is 0.271 e. The van der Waals surface area contributed by atoms with Crippen LogP contribution in [-0.4, -0.2) is 42.9 Å². The van der Waals surface area contributed by atoms with Crippen LogP contribution >= 0.6 is 11.6 Å². The normalized spacial score (nSPS) is 25.1. The summed E-state index contributed by atoms with van der Waals surface area (Å²) in [6.45, 7) is 0.675. The van der Waals surface area contributed by atoms with Gasteiger partial charge in [-0.15, -0.1) is 0 Å². The first kappa shape index (κ1) is 17.4. The zero-order chi connectivity index (χ0) is 18.1. The van der Waals surface area contributed by atoms with Gasteiger partial charge in [-0.2, -0.15) is 5.10 Å². The van der Waals surface area contributed by atoms with Crippen LogP contribution in [0.3, 0.4) is 0 Å². The molecule has 26 heavy (non-hydrogen) atoms. The van der Waals surface area contributed by atoms with E-state index in [-0.39, 0.29) is 17.9 Å². The number of carbonyl (C=O) groups excluding carboxylic acids is 1. The number of nitrogens with zero attached hydrogens (tertiary/aromatic N) is 4. The first-order chi connectivity index (χ1) is 12.6. The molecule has 2 aliphatic carbocycles. The van der Waals surface area contributed by atoms with E-state index >= 15 is 0 Å². The van der Waals surface area contributed by atoms with Gasteiger partial charge in [0.25, 0.3) is 5.91 Å². The van der Waals surface area contributed by atoms with Gasteiger partial charge in [0.05, 0.1) is 40.9 Å². The molecule has 3 atom stereocenters. The minimum absolute atomic E-state index is 0.237. The molecule has 0 spiro atoms. The number of aromatic nitrogens is 4. The summed E-state index contributed by atoms with van der Waals surface area (Å²) in [4.78, 5) is 21.4. The van der Waals surface area contributed by atoms with Crippen molar-refractivity contribution in [3.05, 3.63) is 40.7 Å². The smallest absolute Gasteiger partial charge is 0.271 e. The summed E-state index contributed by atoms with van der Waals surface area (Å²) in [6, 6.07) is -0.281. The van der Waals surface area contributed by atoms with Crippen LogP contribution in [0.1, 0.15) is 47.6 Å². The van der Waals surface area contributed by atoms with E-state index in [1.807, 2.05) is 0 Å². The summed E-state index contributed by atoms with van der Waals surface area (Å²) < 4.78 is 1.78. The van der Waals surface area contributed by atoms with E-state index in [9.17, 15) is 9.90 Å². The zero-order valence-corrected chi connectivity index (χ0v) is 15.2. The minimum Gasteiger partial charge on any atom is -0.391 e. The lowest BCUT2D eigenvalue weighted by Gasteiger charge is -2.18. The Balaban J connectivity index is 1.38. The summed E-state index contributed by atoms with van der Waals surface area (Å²) in [5.74, 6) is -0.0291. The van der Waals surface area contributed by atoms with Gasteiger partial charge in [-0.05, 0) is 44.4 Å². The molecule has 0 aromatic carbocycles. The van der Waals surface area contributed by atoms with E-state index in [0.717, 1.165) is 37.1 Å². The van der Waals surface area contributed by atoms with Crippen molar-refractivity contribution in [1.82, 2.24) is 25.1 Å². The van der Waals surface area contributed by atoms with Crippen molar-refractivity contribution < 1.29 is 9.90 Å². The number of aliphatic hydroxyl groups excluding tert-OH is 1. The molecular weight excluding hydrogens is 354 g/mol. The lowest BCUT2D eigenvalue weighted by Crippen LogP contribution is -2.40. The monoisotopic (exact) mass is 375 g/mol. The molecule has 1 unspecified atom stereocenters. The molecule has 0 bridgehead atoms. The SMILES string of the molecule is O=C(N[C@@H]1CC(Cn2cc(Cl)cn2)C[C@H]1O)c1cnc2c(n1)CCCC2. The summed E-state index contributed by atoms with van der Waals surface area (Å²) in [5, 5.41) is 18.0. The fraction of sp³-hybridized carbons (Fsp3) is 0.556. The van der Waals surface area contributed by atoms with Crippen molar-refractivity contribution in [2.75, 3.05) is 0 Å². The van der Waals surface area contributed by atoms with E-state index in [1.54, 1.807) is 23.3 Å². The molecule has 8 heteroatoms. The third-order valence-electron chi connectivity index (χ3n) is 5.23. The molecule has 2 N–H and O–H groups in total. The predicted octanol–water partition coefficient (Wildman–Crippen LogP) is 1.77. The lowest BCUT2D eigenvalue weighted by molar-refractivity contribution is 0.0867. The average molecular weight is 376 g/mol. The maximum absolute atomic E-state index is 12.5. The summed E-state index contributed by atoms with van der Waals surface area (Å²) in [6.07, 6.45) is 9.70. The van der Waals surface area contributed by atoms with Gasteiger partial charge < -0.3 is 10.4 Å². The van der Waals surface area contributed by atoms with Gasteiger partial charge in [-0.1, -0.05) is 11.6 Å². The second kappa shape index (κ2) is 7.32. The number of hydrogen-bond donors (Lipinski definition) is 2. The highest BCUT2D eigenvalue weighted by molar-refractivity contribution is 6.30. The Bertz CT molecular complexity index is 809. The van der Waals surface area contributed by atoms with E-state index in [4.69, 9.17) is 11.6 Å². The van der Waals surface area contributed by atoms with Gasteiger partial charge in [0, 0.05) is 12.7 Å². The van der Waals surface area contributed by atoms with Crippen LogP contribution in [-0.2, 0) is 19.4 Å². The Morgan fingerprint density at radius 1 is 1.27 bits per heavy atom. The Labute approximate surface area is 156 Å². The second-order valence-corrected chi connectivity index (χ2v) is 7.66. The van der Waals surface area contributed by atoms with Crippen LogP contribution in [0, 0.1) is 5.92 Å². The third kappa shape index (κ3) is 3.73. The van der Waals surface area contributed by atoms with E-state index < -0.39 is 6.10 Å². The Kier molecular flexibility index (Phi) is 4.91. The van der Waals surface area contributed by atoms with Gasteiger partial charge in [0.2, 0.25) is 0 Å². The van der Waals surface area contributed by atoms with Crippen LogP contribution in [0.5, 0.6) is 0 Å². The molecule has 0 saturated heterocycles. The zero-order valence-electron chi connectivity index (χ0n) is 14.4. The Morgan fingerprint density at radius 3 is 2.85 bits per heavy atom. The van der Waals surface area contributed by atoms with Crippen molar-refractivity contribution >= 4 is 17.5 Å². The van der Waals surface area contributed by atoms with Crippen LogP contribution in [0.2, 0.25) is 5.02 Å². The first-order valence-electron chi connectivity index (χ1n) is 9.10. The molecule has 2 aliphatic rings. The lowest BCUT2D eigenvalue weighted by atomic mass is 10.0. The van der Waals surface area contributed by atoms with Crippen molar-refractivity contribution in [2.45, 2.75) is 57.2 Å². The van der Waals surface area contributed by atoms with Gasteiger partial charge in [0.1, 0.15) is 5.69 Å². The number of nitrogens with one attached hydrogen (secondary N) is 1. The van der Waals surface area contributed by atoms with E-state index in [2.05, 4.69) is 20.4 Å². The van der Waals surface area contributed by atoms with Crippen LogP contribution in [0.4, 0.5) is 0 Å². The van der Waals surface area contributed by atoms with Gasteiger partial charge in [-0.3, -0.25) is 14.5 Å². The molecule has 2 aromatic heterocycles. The van der Waals surface area contributed by atoms with Crippen molar-refractivity contribution in [3.63, 3.8) is 0 Å². The molecule has 1 saturated carbocycles. The highest BCUT2D eigenvalue weighted by atomic mass is 35.5. The fourth-order valence-corrected chi connectivity index (χ4v) is 4.08. The van der Waals surface area contributed by atoms with Crippen molar-refractivity contribution in [1.29, 1.82) is 0 Å². The maximum atomic E-state index is 12.5. The summed E-state index contributed by atoms with van der Waals surface area (Å²) >= 11 is 5.89. The number of aliphatic hydroxyl groups is 1. The molecular formula is C18H22ClN5O2. The van der Waals surface area contributed by atoms with Gasteiger partial charge in [0.15, 0.2) is 0 Å². The highest BCUT2D eigenvalue weighted by Crippen LogP contribution is 2.28. The minimum atomic E-state index is -0.569. The predicted molar refractivity (Wildman–Crippen MR) is 95.9 cm³/mol. The quantitative estimate of drug-likeness (QED) is 0.849. The number of carbonyl (C=O) groups is 1. The van der Waals surface area contributed by atoms with Gasteiger partial charge >= 0.3 is 0 Å². The molecule has 0 aliphatic heterocycles. The fourth-order valence-electron chi connectivity index (χ4n) is 3.92. The molecule has 2 heterocycles. The molecule has 2 aromatic rings. The Hall–Kier alpha value is -1.99. The number of aryl methyl sites for hydroxylation is 2. The molecule has 1 amide bonds. The molecule has 0 radical (unpaired) electrons. The van der Waals surface area contributed by atoms with Gasteiger partial charge in [-0.25, -0.2) is 4.98 Å². The number of fused-ring (bicyclic) bond motifs is 1. The Morgan fingerprint density at radius 2 is 2.08 bits per heavy atom. The summed E-state index contributed by atoms with van der Waals surface area (Å²) in [7, 11) is 0. The van der Waals surface area contributed by atoms with Crippen LogP contribution in [0.15, 0.2) is 18.6 Å². The third-order valence-corrected chi connectivity index (χ3v) is 5.43. The van der Waals surface area contributed by atoms with Crippen molar-refractivity contribution in [2.24, 2.45) is 5.92 Å². The average Bonchev–Trinajstić information content (AvgIpc) is 3.20. The number of hydrogen-bond acceptors (Lipinski definition) is 5. The second-order valence-electron chi connectivity index (χ2n) is 7.22. The van der Waals surface area contributed by atoms with E-state index in [1.165, 1.54) is 0 Å². The van der Waals surface area contributed by atoms with Crippen LogP contribution in [0.25, 0.3) is 0 Å². The number of rotatable bonds is 4. The molecule has 1 fully saturated rings. The summed E-state index contributed by atoms with van der Waals surface area (Å²) in [5.41, 5.74) is 2.27. The molecule has 138 valence electrons. The highest BCUT2D eigenvalue weighted by Gasteiger charge is 2.34. The van der Waals surface area contributed by atoms with Crippen LogP contribution < -0.4 is 5.32 Å². The molecule has 4 rings (SSSR count). The standard InChI is InChI=1S/C18H22ClN5O2/c19-12-7-21-24(10-12)9-11-5-15(17(25)6-11)23-18(26)16-8-20-13-3-1-2-4-14(13)22-16/h7-8,10-11,15,17,25H,1-6,9H2,(H,23,26)/t11?,15-,17-/m1/s1. The molecule has 7 nitrogen and oxygen atoms in total. The number of halogens is 1. The van der Waals surface area contributed by atoms with Crippen molar-refractivity contribution in [3.8, 4) is 0 Å².